The monoisotopic (exact) mass is 1260 g/mol. The van der Waals surface area contributed by atoms with E-state index in [-0.39, 0.29) is 12.0 Å². The highest BCUT2D eigenvalue weighted by Crippen LogP contribution is 2.30. The summed E-state index contributed by atoms with van der Waals surface area (Å²) in [5.41, 5.74) is 0.602. The van der Waals surface area contributed by atoms with Gasteiger partial charge in [0.05, 0.1) is 0 Å². The van der Waals surface area contributed by atoms with Crippen LogP contribution in [0.15, 0.2) is 11.1 Å². The highest BCUT2D eigenvalue weighted by Gasteiger charge is 2.67. The normalized spacial score (nSPS) is 12.4. The van der Waals surface area contributed by atoms with E-state index in [0.29, 0.717) is 5.57 Å². The van der Waals surface area contributed by atoms with E-state index in [1.54, 1.807) is 13.8 Å². The number of carbonyl (C=O) groups is 4. The van der Waals surface area contributed by atoms with Gasteiger partial charge in [0, 0.05) is 629 Å². The van der Waals surface area contributed by atoms with Gasteiger partial charge >= 0.3 is 23.9 Å². The largest absolute Gasteiger partial charge is 0.423 e. The molecule has 0 aliphatic carbocycles. The minimum atomic E-state index is -2.01. The molecule has 8 nitrogen and oxygen atoms in total. The molecule has 93 heteroatoms. The summed E-state index contributed by atoms with van der Waals surface area (Å²) in [4.78, 5) is 43.7. The van der Waals surface area contributed by atoms with Crippen LogP contribution in [0.3, 0.4) is 0 Å². The van der Waals surface area contributed by atoms with Crippen LogP contribution < -0.4 is 0 Å². The average Bonchev–Trinajstić information content (AvgIpc) is 0.712. The lowest BCUT2D eigenvalue weighted by Crippen LogP contribution is -3.00. The Balaban J connectivity index is 0.00000416. The van der Waals surface area contributed by atoms with E-state index >= 15 is 0 Å². The van der Waals surface area contributed by atoms with Gasteiger partial charge in [-0.25, -0.2) is 9.59 Å². The van der Waals surface area contributed by atoms with Crippen LogP contribution in [0, 0.1) is 0 Å². The van der Waals surface area contributed by atoms with Crippen LogP contribution >= 0.6 is 0 Å². The Kier molecular flexibility index (Phi) is 51.4. The quantitative estimate of drug-likeness (QED) is 0.0196. The number of hydrogen-bond acceptors (Lipinski definition) is 8. The van der Waals surface area contributed by atoms with E-state index in [0.717, 1.165) is 7.06 Å². The van der Waals surface area contributed by atoms with Gasteiger partial charge in [-0.05, 0) is 13.8 Å². The average molecular weight is 1250 g/mol. The maximum atomic E-state index is 11.3. The summed E-state index contributed by atoms with van der Waals surface area (Å²) in [5.74, 6) is -4.50. The molecule has 0 aromatic carbocycles. The summed E-state index contributed by atoms with van der Waals surface area (Å²) in [6, 6.07) is 0. The highest BCUT2D eigenvalue weighted by atomic mass is 16.7. The van der Waals surface area contributed by atoms with Crippen molar-refractivity contribution < 1.29 is 38.1 Å². The summed E-state index contributed by atoms with van der Waals surface area (Å²) in [6.07, 6.45) is -70.7. The summed E-state index contributed by atoms with van der Waals surface area (Å²) >= 11 is 0. The second kappa shape index (κ2) is 49.9. The number of carbonyl (C=O) groups excluding carboxylic acids is 4. The third-order valence-corrected chi connectivity index (χ3v) is 20.6. The fourth-order valence-corrected chi connectivity index (χ4v) is 17.0. The molecule has 383 valence electrons. The van der Waals surface area contributed by atoms with Gasteiger partial charge < -0.3 is 18.9 Å². The topological polar surface area (TPSA) is 105 Å². The molecule has 87 radical (unpaired) electrons. The van der Waals surface area contributed by atoms with E-state index < -0.39 is 297 Å². The minimum absolute atomic E-state index is 0.000625. The fourth-order valence-electron chi connectivity index (χ4n) is 17.0. The molecule has 0 unspecified atom stereocenters. The third-order valence-electron chi connectivity index (χ3n) is 20.6. The molecule has 0 aromatic rings. The van der Waals surface area contributed by atoms with E-state index in [1.165, 1.54) is 27.7 Å². The van der Waals surface area contributed by atoms with Crippen LogP contribution in [0.5, 0.6) is 0 Å². The van der Waals surface area contributed by atoms with Crippen molar-refractivity contribution in [3.8, 4) is 0 Å². The number of esters is 4. The smallest absolute Gasteiger partial charge is 0.348 e. The van der Waals surface area contributed by atoms with Gasteiger partial charge in [0.25, 0.3) is 11.6 Å². The van der Waals surface area contributed by atoms with Gasteiger partial charge in [-0.3, -0.25) is 9.59 Å². The summed E-state index contributed by atoms with van der Waals surface area (Å²) in [5, 5.41) is 0. The Hall–Kier alpha value is 3.14. The molecule has 0 atom stereocenters. The van der Waals surface area contributed by atoms with Crippen molar-refractivity contribution in [2.24, 2.45) is 0 Å². The van der Waals surface area contributed by atoms with Crippen LogP contribution in [0.1, 0.15) is 48.0 Å². The Morgan fingerprint density at radius 1 is 0.241 bits per heavy atom. The standard InChI is InChI=1S/C9H12O4.C6H8O4.B85/c1-5(2)6-7(10)12-9(3,4)13-8(6)11;1-6(2)9-4(7)3-5(8)10-6;1-44-66(45(2)3)77(67(46(4)5)47(6)7)82(76(64(40)41)65(42)43)85(83(78(68(48(8)9)49(10)11)69(50(12)13)51(14)15)79(70(52(16)17)53(18)19)71(54(20)21)55(22)23)84(80(72(56(24)25)57(26)27)73(58(28)29)59(30)31)81(74(60(32)33)61(34)35)75(62(36)37)63(38)39/h1-4H3;3H2,1-2H3;. The van der Waals surface area contributed by atoms with Crippen molar-refractivity contribution in [1.29, 1.82) is 0 Å². The molecule has 2 fully saturated rings. The summed E-state index contributed by atoms with van der Waals surface area (Å²) in [6.45, 7) is 9.39. The lowest BCUT2D eigenvalue weighted by Gasteiger charge is -2.62. The number of ether oxygens (including phenoxy) is 4. The van der Waals surface area contributed by atoms with Crippen LogP contribution in [0.25, 0.3) is 0 Å². The zero-order valence-corrected chi connectivity index (χ0v) is 63.0. The van der Waals surface area contributed by atoms with Crippen molar-refractivity contribution in [3.05, 3.63) is 11.1 Å². The number of hydrogen-bond donors (Lipinski definition) is 0. The van der Waals surface area contributed by atoms with Crippen molar-refractivity contribution >= 4 is 625 Å². The molecule has 108 heavy (non-hydrogen) atoms. The zero-order chi connectivity index (χ0) is 85.4. The van der Waals surface area contributed by atoms with Gasteiger partial charge in [0.2, 0.25) is 0 Å². The van der Waals surface area contributed by atoms with Gasteiger partial charge in [-0.15, -0.1) is 0 Å². The molecule has 2 aliphatic rings. The Bertz CT molecular complexity index is 2270. The van der Waals surface area contributed by atoms with Crippen LogP contribution in [0.2, 0.25) is 0 Å². The predicted molar refractivity (Wildman–Crippen MR) is 565 cm³/mol. The van der Waals surface area contributed by atoms with E-state index in [2.05, 4.69) is 9.47 Å². The zero-order valence-electron chi connectivity index (χ0n) is 63.0. The van der Waals surface area contributed by atoms with Crippen LogP contribution in [-0.2, 0) is 38.1 Å². The minimum Gasteiger partial charge on any atom is -0.423 e. The maximum Gasteiger partial charge on any atom is 0.348 e. The van der Waals surface area contributed by atoms with E-state index in [9.17, 15) is 19.2 Å². The van der Waals surface area contributed by atoms with E-state index in [4.69, 9.17) is 342 Å². The fraction of sp³-hybridized carbons (Fsp3) is 0.600. The first-order valence-electron chi connectivity index (χ1n) is 34.9. The van der Waals surface area contributed by atoms with Gasteiger partial charge in [-0.2, -0.15) is 0 Å². The van der Waals surface area contributed by atoms with Crippen molar-refractivity contribution in [1.82, 2.24) is 0 Å². The Labute approximate surface area is 727 Å². The van der Waals surface area contributed by atoms with Crippen LogP contribution in [-0.4, -0.2) is 637 Å². The lowest BCUT2D eigenvalue weighted by atomic mass is 8.19. The molecule has 2 aliphatic heterocycles. The predicted octanol–water partition coefficient (Wildman–Crippen LogP) is -31.0. The molecule has 0 spiro atoms. The number of allylic oxidation sites excluding steroid dienone is 1. The summed E-state index contributed by atoms with van der Waals surface area (Å²) < 4.78 is 19.1. The number of cyclic esters (lactones) is 4. The number of rotatable bonds is 41. The molecule has 0 N–H and O–H groups in total. The van der Waals surface area contributed by atoms with Gasteiger partial charge in [-0.1, -0.05) is 5.57 Å². The Morgan fingerprint density at radius 2 is 0.380 bits per heavy atom. The maximum absolute atomic E-state index is 11.3. The SMILES string of the molecule is CC(C)=C1C(=O)OC(C)(C)OC1=O.CC1(C)OC(=O)CC(=O)O1.[B][B]B(B([B])[B])B(B(B([B])[B])B([B])[B])B(B(B([B])[B])B([B])[B])B(B(B(B(B([B])[B])B([B])[B])B(B([B])[B])B([B])[B])B(B(B([B])[B])B([B])[B])B(B([B])[B])B([B])[B])B(B(B(B([B])[B])B([B])[B])B(B([B])[B])B([B])[B])B(B(B([B])[B])B([B])[B])B(B([B])[B])B([B])[B]. The van der Waals surface area contributed by atoms with Crippen molar-refractivity contribution in [2.75, 3.05) is 0 Å². The molecule has 2 heterocycles. The first kappa shape index (κ1) is 111. The second-order valence-electron chi connectivity index (χ2n) is 29.9. The van der Waals surface area contributed by atoms with Crippen LogP contribution in [0.4, 0.5) is 0 Å². The van der Waals surface area contributed by atoms with Crippen molar-refractivity contribution in [2.45, 2.75) is 59.5 Å². The lowest BCUT2D eigenvalue weighted by molar-refractivity contribution is -0.231. The molecule has 2 saturated heterocycles. The van der Waals surface area contributed by atoms with Gasteiger partial charge in [0.15, 0.2) is 0 Å². The molecule has 0 amide bonds. The summed E-state index contributed by atoms with van der Waals surface area (Å²) in [7, 11) is 299. The van der Waals surface area contributed by atoms with Crippen molar-refractivity contribution in [3.63, 3.8) is 0 Å². The first-order valence-corrected chi connectivity index (χ1v) is 34.9. The molecule has 0 bridgehead atoms. The molecular formula is C15H20B85O8. The molecule has 0 aromatic heterocycles. The Morgan fingerprint density at radius 3 is 0.509 bits per heavy atom. The molecule has 2 rings (SSSR count). The second-order valence-corrected chi connectivity index (χ2v) is 29.9. The first-order chi connectivity index (χ1) is 49.0. The van der Waals surface area contributed by atoms with E-state index in [1.807, 2.05) is 0 Å². The molecular weight excluding hydrogens is 1230 g/mol. The highest BCUT2D eigenvalue weighted by molar-refractivity contribution is 8.42. The van der Waals surface area contributed by atoms with Gasteiger partial charge in [0.1, 0.15) is 12.0 Å². The third kappa shape index (κ3) is 31.5. The molecule has 0 saturated carbocycles.